The number of aromatic nitrogens is 1. The molecule has 0 bridgehead atoms. The maximum atomic E-state index is 14.6. The number of hydrogen-bond acceptors (Lipinski definition) is 2. The van der Waals surface area contributed by atoms with E-state index in [9.17, 15) is 23.5 Å². The first-order valence-electron chi connectivity index (χ1n) is 11.4. The van der Waals surface area contributed by atoms with Crippen LogP contribution >= 0.6 is 0 Å². The Morgan fingerprint density at radius 3 is 2.44 bits per heavy atom. The van der Waals surface area contributed by atoms with Crippen LogP contribution in [0.1, 0.15) is 41.6 Å². The highest BCUT2D eigenvalue weighted by atomic mass is 19.1. The topological polar surface area (TPSA) is 71.3 Å². The van der Waals surface area contributed by atoms with E-state index >= 15 is 0 Å². The van der Waals surface area contributed by atoms with E-state index in [1.807, 2.05) is 22.8 Å². The van der Waals surface area contributed by atoms with Gasteiger partial charge in [0.15, 0.2) is 0 Å². The van der Waals surface area contributed by atoms with Crippen molar-refractivity contribution >= 4 is 33.6 Å². The summed E-state index contributed by atoms with van der Waals surface area (Å²) in [5.74, 6) is -2.14. The number of carboxylic acid groups (broad SMARTS) is 1. The molecule has 1 fully saturated rings. The van der Waals surface area contributed by atoms with Gasteiger partial charge in [-0.05, 0) is 78.4 Å². The van der Waals surface area contributed by atoms with Crippen LogP contribution in [0.4, 0.5) is 8.78 Å². The van der Waals surface area contributed by atoms with Crippen LogP contribution in [-0.4, -0.2) is 27.6 Å². The van der Waals surface area contributed by atoms with Crippen molar-refractivity contribution in [1.29, 1.82) is 0 Å². The van der Waals surface area contributed by atoms with Crippen LogP contribution in [0.5, 0.6) is 0 Å². The summed E-state index contributed by atoms with van der Waals surface area (Å²) < 4.78 is 29.9. The molecule has 0 atom stereocenters. The van der Waals surface area contributed by atoms with Gasteiger partial charge < -0.3 is 15.0 Å². The van der Waals surface area contributed by atoms with Gasteiger partial charge in [0.05, 0.1) is 17.0 Å². The first-order chi connectivity index (χ1) is 16.4. The predicted molar refractivity (Wildman–Crippen MR) is 126 cm³/mol. The Balaban J connectivity index is 1.42. The molecule has 0 spiro atoms. The molecule has 0 aliphatic heterocycles. The van der Waals surface area contributed by atoms with Crippen molar-refractivity contribution < 1.29 is 23.5 Å². The third-order valence-electron chi connectivity index (χ3n) is 6.75. The Morgan fingerprint density at radius 1 is 0.941 bits per heavy atom. The van der Waals surface area contributed by atoms with Crippen molar-refractivity contribution in [2.75, 3.05) is 0 Å². The zero-order chi connectivity index (χ0) is 23.8. The predicted octanol–water partition coefficient (Wildman–Crippen LogP) is 5.49. The number of carbonyl (C=O) groups excluding carboxylic acids is 1. The van der Waals surface area contributed by atoms with E-state index in [0.717, 1.165) is 16.3 Å². The molecule has 4 aromatic rings. The number of aliphatic carboxylic acids is 1. The molecule has 3 aromatic carbocycles. The Labute approximate surface area is 195 Å². The van der Waals surface area contributed by atoms with Gasteiger partial charge in [-0.1, -0.05) is 18.2 Å². The van der Waals surface area contributed by atoms with Gasteiger partial charge in [-0.25, -0.2) is 8.78 Å². The van der Waals surface area contributed by atoms with E-state index in [1.54, 1.807) is 18.3 Å². The number of carbonyl (C=O) groups is 2. The normalized spacial score (nSPS) is 18.3. The fraction of sp³-hybridized carbons (Fsp3) is 0.259. The molecule has 1 heterocycles. The number of nitrogens with one attached hydrogen (secondary N) is 1. The molecule has 7 heteroatoms. The molecule has 0 saturated heterocycles. The fourth-order valence-corrected chi connectivity index (χ4v) is 4.91. The van der Waals surface area contributed by atoms with Gasteiger partial charge in [-0.3, -0.25) is 9.59 Å². The molecule has 5 nitrogen and oxygen atoms in total. The molecule has 5 rings (SSSR count). The number of halogens is 2. The molecule has 1 aliphatic carbocycles. The van der Waals surface area contributed by atoms with Crippen molar-refractivity contribution in [1.82, 2.24) is 9.88 Å². The van der Waals surface area contributed by atoms with Crippen molar-refractivity contribution in [2.45, 2.75) is 38.3 Å². The van der Waals surface area contributed by atoms with Crippen molar-refractivity contribution in [3.63, 3.8) is 0 Å². The molecule has 0 unspecified atom stereocenters. The lowest BCUT2D eigenvalue weighted by Gasteiger charge is -2.27. The summed E-state index contributed by atoms with van der Waals surface area (Å²) in [6.07, 6.45) is 4.03. The van der Waals surface area contributed by atoms with E-state index in [1.165, 1.54) is 24.3 Å². The molecular weight excluding hydrogens is 438 g/mol. The van der Waals surface area contributed by atoms with Crippen LogP contribution < -0.4 is 5.32 Å². The quantitative estimate of drug-likeness (QED) is 0.412. The molecule has 174 valence electrons. The van der Waals surface area contributed by atoms with Gasteiger partial charge in [0.1, 0.15) is 11.6 Å². The summed E-state index contributed by atoms with van der Waals surface area (Å²) >= 11 is 0. The number of fused-ring (bicyclic) bond motifs is 2. The third-order valence-corrected chi connectivity index (χ3v) is 6.75. The molecule has 1 aliphatic rings. The first-order valence-corrected chi connectivity index (χ1v) is 11.4. The van der Waals surface area contributed by atoms with Crippen LogP contribution in [0.25, 0.3) is 21.7 Å². The number of nitrogens with zero attached hydrogens (tertiary/aromatic N) is 1. The Kier molecular flexibility index (Phi) is 5.77. The zero-order valence-corrected chi connectivity index (χ0v) is 18.4. The van der Waals surface area contributed by atoms with Crippen molar-refractivity contribution in [3.05, 3.63) is 83.6 Å². The lowest BCUT2D eigenvalue weighted by molar-refractivity contribution is -0.142. The van der Waals surface area contributed by atoms with Crippen LogP contribution in [0.3, 0.4) is 0 Å². The van der Waals surface area contributed by atoms with Crippen molar-refractivity contribution in [3.8, 4) is 0 Å². The smallest absolute Gasteiger partial charge is 0.306 e. The fourth-order valence-electron chi connectivity index (χ4n) is 4.91. The van der Waals surface area contributed by atoms with E-state index in [2.05, 4.69) is 5.32 Å². The Hall–Kier alpha value is -3.74. The summed E-state index contributed by atoms with van der Waals surface area (Å²) in [4.78, 5) is 24.4. The second-order valence-electron chi connectivity index (χ2n) is 8.99. The monoisotopic (exact) mass is 462 g/mol. The van der Waals surface area contributed by atoms with E-state index < -0.39 is 11.8 Å². The maximum Gasteiger partial charge on any atom is 0.306 e. The highest BCUT2D eigenvalue weighted by Crippen LogP contribution is 2.28. The van der Waals surface area contributed by atoms with E-state index in [4.69, 9.17) is 0 Å². The number of rotatable bonds is 5. The highest BCUT2D eigenvalue weighted by molar-refractivity contribution is 6.06. The lowest BCUT2D eigenvalue weighted by atomic mass is 9.86. The van der Waals surface area contributed by atoms with Gasteiger partial charge in [0, 0.05) is 24.2 Å². The van der Waals surface area contributed by atoms with Crippen molar-refractivity contribution in [2.24, 2.45) is 5.92 Å². The minimum Gasteiger partial charge on any atom is -0.481 e. The Morgan fingerprint density at radius 2 is 1.68 bits per heavy atom. The molecule has 1 aromatic heterocycles. The molecule has 1 amide bonds. The summed E-state index contributed by atoms with van der Waals surface area (Å²) in [6.45, 7) is 0.421. The average molecular weight is 462 g/mol. The highest BCUT2D eigenvalue weighted by Gasteiger charge is 2.27. The lowest BCUT2D eigenvalue weighted by Crippen LogP contribution is -2.38. The third kappa shape index (κ3) is 4.25. The van der Waals surface area contributed by atoms with Gasteiger partial charge >= 0.3 is 5.97 Å². The number of hydrogen-bond donors (Lipinski definition) is 2. The van der Waals surface area contributed by atoms with E-state index in [0.29, 0.717) is 48.7 Å². The Bertz CT molecular complexity index is 1400. The summed E-state index contributed by atoms with van der Waals surface area (Å²) in [5.41, 5.74) is 1.83. The molecule has 1 saturated carbocycles. The van der Waals surface area contributed by atoms with Gasteiger partial charge in [0.25, 0.3) is 5.91 Å². The standard InChI is InChI=1S/C27H24F2N2O3/c28-20-6-3-18-13-16(1-2-19(18)14-20)15-31-12-11-22-24(29)10-9-23(25(22)31)26(32)30-21-7-4-17(5-8-21)27(33)34/h1-3,6,9-14,17,21H,4-5,7-8,15H2,(H,30,32)(H,33,34). The first kappa shape index (κ1) is 22.1. The summed E-state index contributed by atoms with van der Waals surface area (Å²) in [6, 6.07) is 14.7. The molecule has 0 radical (unpaired) electrons. The number of benzene rings is 3. The second-order valence-corrected chi connectivity index (χ2v) is 8.99. The molecular formula is C27H24F2N2O3. The number of amides is 1. The van der Waals surface area contributed by atoms with Gasteiger partial charge in [-0.2, -0.15) is 0 Å². The molecule has 34 heavy (non-hydrogen) atoms. The minimum absolute atomic E-state index is 0.104. The van der Waals surface area contributed by atoms with Gasteiger partial charge in [-0.15, -0.1) is 0 Å². The summed E-state index contributed by atoms with van der Waals surface area (Å²) in [5, 5.41) is 14.3. The minimum atomic E-state index is -0.790. The average Bonchev–Trinajstić information content (AvgIpc) is 3.24. The van der Waals surface area contributed by atoms with Crippen LogP contribution in [-0.2, 0) is 11.3 Å². The van der Waals surface area contributed by atoms with Crippen LogP contribution in [0, 0.1) is 17.6 Å². The van der Waals surface area contributed by atoms with Crippen LogP contribution in [0.2, 0.25) is 0 Å². The van der Waals surface area contributed by atoms with E-state index in [-0.39, 0.29) is 23.7 Å². The molecule has 2 N–H and O–H groups in total. The largest absolute Gasteiger partial charge is 0.481 e. The second kappa shape index (κ2) is 8.89. The zero-order valence-electron chi connectivity index (χ0n) is 18.4. The van der Waals surface area contributed by atoms with Gasteiger partial charge in [0.2, 0.25) is 0 Å². The summed E-state index contributed by atoms with van der Waals surface area (Å²) in [7, 11) is 0. The van der Waals surface area contributed by atoms with Crippen LogP contribution in [0.15, 0.2) is 60.8 Å². The number of carboxylic acids is 1. The SMILES string of the molecule is O=C(NC1CCC(C(=O)O)CC1)c1ccc(F)c2ccn(Cc3ccc4cc(F)ccc4c3)c12. The maximum absolute atomic E-state index is 14.6.